The highest BCUT2D eigenvalue weighted by Gasteiger charge is 2.19. The molecule has 1 atom stereocenters. The highest BCUT2D eigenvalue weighted by molar-refractivity contribution is 5.74. The number of aliphatic hydroxyl groups is 1. The van der Waals surface area contributed by atoms with Gasteiger partial charge in [0.2, 0.25) is 0 Å². The second kappa shape index (κ2) is 10.00. The van der Waals surface area contributed by atoms with Gasteiger partial charge >= 0.3 is 6.03 Å². The fourth-order valence-electron chi connectivity index (χ4n) is 2.71. The molecule has 1 fully saturated rings. The van der Waals surface area contributed by atoms with Crippen LogP contribution in [0.15, 0.2) is 0 Å². The maximum atomic E-state index is 11.7. The molecule has 1 unspecified atom stereocenters. The molecule has 0 saturated carbocycles. The van der Waals surface area contributed by atoms with E-state index in [0.717, 1.165) is 32.5 Å². The van der Waals surface area contributed by atoms with Crippen molar-refractivity contribution in [2.75, 3.05) is 32.8 Å². The summed E-state index contributed by atoms with van der Waals surface area (Å²) in [5, 5.41) is 14.6. The largest absolute Gasteiger partial charge is 0.396 e. The van der Waals surface area contributed by atoms with Gasteiger partial charge in [-0.2, -0.15) is 0 Å². The van der Waals surface area contributed by atoms with Crippen LogP contribution in [0.5, 0.6) is 0 Å². The Kier molecular flexibility index (Phi) is 8.62. The van der Waals surface area contributed by atoms with Crippen molar-refractivity contribution in [3.63, 3.8) is 0 Å². The van der Waals surface area contributed by atoms with Crippen LogP contribution >= 0.6 is 0 Å². The van der Waals surface area contributed by atoms with Gasteiger partial charge in [-0.25, -0.2) is 4.79 Å². The number of nitrogens with zero attached hydrogens (tertiary/aromatic N) is 1. The number of hydrogen-bond acceptors (Lipinski definition) is 3. The monoisotopic (exact) mass is 285 g/mol. The summed E-state index contributed by atoms with van der Waals surface area (Å²) < 4.78 is 0. The van der Waals surface area contributed by atoms with Crippen molar-refractivity contribution in [3.05, 3.63) is 0 Å². The van der Waals surface area contributed by atoms with Crippen LogP contribution in [0.1, 0.15) is 46.0 Å². The Hall–Kier alpha value is -0.810. The first-order chi connectivity index (χ1) is 9.65. The zero-order chi connectivity index (χ0) is 14.8. The van der Waals surface area contributed by atoms with E-state index in [1.165, 1.54) is 25.8 Å². The lowest BCUT2D eigenvalue weighted by Gasteiger charge is -2.31. The minimum Gasteiger partial charge on any atom is -0.396 e. The molecule has 1 aliphatic rings. The third-order valence-electron chi connectivity index (χ3n) is 3.97. The SMILES string of the molecule is CCCN1CCC(CNC(=O)NC(C)CCCO)CC1. The van der Waals surface area contributed by atoms with Crippen LogP contribution < -0.4 is 10.6 Å². The second-order valence-corrected chi connectivity index (χ2v) is 5.91. The third-order valence-corrected chi connectivity index (χ3v) is 3.97. The molecule has 0 bridgehead atoms. The molecule has 5 heteroatoms. The van der Waals surface area contributed by atoms with E-state index < -0.39 is 0 Å². The molecule has 0 aromatic heterocycles. The highest BCUT2D eigenvalue weighted by atomic mass is 16.3. The average Bonchev–Trinajstić information content (AvgIpc) is 2.45. The highest BCUT2D eigenvalue weighted by Crippen LogP contribution is 2.16. The maximum Gasteiger partial charge on any atom is 0.315 e. The number of amides is 2. The van der Waals surface area contributed by atoms with Crippen LogP contribution in [-0.2, 0) is 0 Å². The van der Waals surface area contributed by atoms with Crippen molar-refractivity contribution in [2.24, 2.45) is 5.92 Å². The Labute approximate surface area is 123 Å². The Balaban J connectivity index is 2.09. The van der Waals surface area contributed by atoms with E-state index in [2.05, 4.69) is 22.5 Å². The fourth-order valence-corrected chi connectivity index (χ4v) is 2.71. The Bertz CT molecular complexity index is 266. The van der Waals surface area contributed by atoms with Gasteiger partial charge in [0.25, 0.3) is 0 Å². The van der Waals surface area contributed by atoms with E-state index in [9.17, 15) is 4.79 Å². The van der Waals surface area contributed by atoms with Crippen molar-refractivity contribution in [2.45, 2.75) is 52.0 Å². The van der Waals surface area contributed by atoms with E-state index in [4.69, 9.17) is 5.11 Å². The number of rotatable bonds is 8. The van der Waals surface area contributed by atoms with Crippen LogP contribution in [-0.4, -0.2) is 54.9 Å². The zero-order valence-electron chi connectivity index (χ0n) is 13.0. The zero-order valence-corrected chi connectivity index (χ0v) is 13.0. The molecule has 1 saturated heterocycles. The predicted molar refractivity (Wildman–Crippen MR) is 81.8 cm³/mol. The molecule has 1 rings (SSSR count). The minimum absolute atomic E-state index is 0.0774. The number of carbonyl (C=O) groups is 1. The van der Waals surface area contributed by atoms with Crippen molar-refractivity contribution >= 4 is 6.03 Å². The van der Waals surface area contributed by atoms with E-state index in [1.807, 2.05) is 6.92 Å². The van der Waals surface area contributed by atoms with Crippen LogP contribution in [0.3, 0.4) is 0 Å². The van der Waals surface area contributed by atoms with Crippen LogP contribution in [0.4, 0.5) is 4.79 Å². The number of hydrogen-bond donors (Lipinski definition) is 3. The summed E-state index contributed by atoms with van der Waals surface area (Å²) in [6.45, 7) is 8.67. The standard InChI is InChI=1S/C15H31N3O2/c1-3-8-18-9-6-14(7-10-18)12-16-15(20)17-13(2)5-4-11-19/h13-14,19H,3-12H2,1-2H3,(H2,16,17,20). The molecule has 5 nitrogen and oxygen atoms in total. The molecule has 20 heavy (non-hydrogen) atoms. The molecular weight excluding hydrogens is 254 g/mol. The number of aliphatic hydroxyl groups excluding tert-OH is 1. The fraction of sp³-hybridized carbons (Fsp3) is 0.933. The number of nitrogens with one attached hydrogen (secondary N) is 2. The van der Waals surface area contributed by atoms with Gasteiger partial charge in [0.1, 0.15) is 0 Å². The molecule has 0 spiro atoms. The summed E-state index contributed by atoms with van der Waals surface area (Å²) in [6.07, 6.45) is 5.13. The first kappa shape index (κ1) is 17.2. The van der Waals surface area contributed by atoms with Crippen molar-refractivity contribution < 1.29 is 9.90 Å². The summed E-state index contributed by atoms with van der Waals surface area (Å²) >= 11 is 0. The number of urea groups is 1. The predicted octanol–water partition coefficient (Wildman–Crippen LogP) is 1.57. The summed E-state index contributed by atoms with van der Waals surface area (Å²) in [6, 6.07) is 0.0416. The van der Waals surface area contributed by atoms with Gasteiger partial charge in [-0.05, 0) is 64.6 Å². The van der Waals surface area contributed by atoms with Gasteiger partial charge in [0.05, 0.1) is 0 Å². The molecule has 0 aromatic carbocycles. The third kappa shape index (κ3) is 7.10. The molecule has 118 valence electrons. The Morgan fingerprint density at radius 3 is 2.70 bits per heavy atom. The molecular formula is C15H31N3O2. The first-order valence-corrected chi connectivity index (χ1v) is 8.03. The van der Waals surface area contributed by atoms with Gasteiger partial charge in [-0.1, -0.05) is 6.92 Å². The topological polar surface area (TPSA) is 64.6 Å². The summed E-state index contributed by atoms with van der Waals surface area (Å²) in [4.78, 5) is 14.2. The van der Waals surface area contributed by atoms with E-state index in [1.54, 1.807) is 0 Å². The van der Waals surface area contributed by atoms with E-state index >= 15 is 0 Å². The lowest BCUT2D eigenvalue weighted by Crippen LogP contribution is -2.44. The summed E-state index contributed by atoms with van der Waals surface area (Å²) in [7, 11) is 0. The Morgan fingerprint density at radius 1 is 1.40 bits per heavy atom. The number of piperidine rings is 1. The molecule has 0 aliphatic carbocycles. The van der Waals surface area contributed by atoms with Crippen LogP contribution in [0.25, 0.3) is 0 Å². The van der Waals surface area contributed by atoms with Gasteiger partial charge < -0.3 is 20.6 Å². The number of likely N-dealkylation sites (tertiary alicyclic amines) is 1. The average molecular weight is 285 g/mol. The van der Waals surface area contributed by atoms with Crippen molar-refractivity contribution in [1.82, 2.24) is 15.5 Å². The molecule has 1 heterocycles. The van der Waals surface area contributed by atoms with Gasteiger partial charge in [-0.15, -0.1) is 0 Å². The number of carbonyl (C=O) groups excluding carboxylic acids is 1. The minimum atomic E-state index is -0.0774. The van der Waals surface area contributed by atoms with Crippen LogP contribution in [0.2, 0.25) is 0 Å². The molecule has 1 aliphatic heterocycles. The Morgan fingerprint density at radius 2 is 2.10 bits per heavy atom. The van der Waals surface area contributed by atoms with Gasteiger partial charge in [-0.3, -0.25) is 0 Å². The summed E-state index contributed by atoms with van der Waals surface area (Å²) in [5.41, 5.74) is 0. The van der Waals surface area contributed by atoms with E-state index in [0.29, 0.717) is 5.92 Å². The van der Waals surface area contributed by atoms with Crippen molar-refractivity contribution in [1.29, 1.82) is 0 Å². The lowest BCUT2D eigenvalue weighted by atomic mass is 9.97. The molecule has 0 aromatic rings. The normalized spacial score (nSPS) is 18.8. The van der Waals surface area contributed by atoms with Crippen molar-refractivity contribution in [3.8, 4) is 0 Å². The smallest absolute Gasteiger partial charge is 0.315 e. The lowest BCUT2D eigenvalue weighted by molar-refractivity contribution is 0.181. The van der Waals surface area contributed by atoms with Gasteiger partial charge in [0, 0.05) is 19.2 Å². The first-order valence-electron chi connectivity index (χ1n) is 8.03. The summed E-state index contributed by atoms with van der Waals surface area (Å²) in [5.74, 6) is 0.613. The maximum absolute atomic E-state index is 11.7. The van der Waals surface area contributed by atoms with Gasteiger partial charge in [0.15, 0.2) is 0 Å². The van der Waals surface area contributed by atoms with Crippen LogP contribution in [0, 0.1) is 5.92 Å². The molecule has 3 N–H and O–H groups in total. The second-order valence-electron chi connectivity index (χ2n) is 5.91. The molecule has 0 radical (unpaired) electrons. The van der Waals surface area contributed by atoms with E-state index in [-0.39, 0.29) is 18.7 Å². The molecule has 2 amide bonds. The quantitative estimate of drug-likeness (QED) is 0.634.